The smallest absolute Gasteiger partial charge is 0.330 e. The van der Waals surface area contributed by atoms with Crippen LogP contribution in [0.4, 0.5) is 0 Å². The molecule has 0 N–H and O–H groups in total. The number of hydrogen-bond acceptors (Lipinski definition) is 6. The molecule has 0 aromatic rings. The van der Waals surface area contributed by atoms with E-state index in [4.69, 9.17) is 4.74 Å². The van der Waals surface area contributed by atoms with Crippen LogP contribution in [0.2, 0.25) is 0 Å². The molecule has 0 radical (unpaired) electrons. The molecule has 2 heterocycles. The summed E-state index contributed by atoms with van der Waals surface area (Å²) in [7, 11) is 0. The Kier molecular flexibility index (Phi) is 8.61. The zero-order valence-corrected chi connectivity index (χ0v) is 18.1. The van der Waals surface area contributed by atoms with Crippen molar-refractivity contribution in [1.29, 1.82) is 0 Å². The van der Waals surface area contributed by atoms with Gasteiger partial charge in [-0.1, -0.05) is 0 Å². The highest BCUT2D eigenvalue weighted by Gasteiger charge is 2.37. The van der Waals surface area contributed by atoms with Crippen LogP contribution in [0, 0.1) is 0 Å². The minimum atomic E-state index is -0.899. The normalized spacial score (nSPS) is 17.3. The van der Waals surface area contributed by atoms with Crippen molar-refractivity contribution >= 4 is 29.6 Å². The van der Waals surface area contributed by atoms with Gasteiger partial charge in [-0.2, -0.15) is 0 Å². The Hall–Kier alpha value is -2.65. The summed E-state index contributed by atoms with van der Waals surface area (Å²) < 4.78 is 5.15. The van der Waals surface area contributed by atoms with Crippen LogP contribution in [0.25, 0.3) is 0 Å². The topological polar surface area (TPSA) is 108 Å². The van der Waals surface area contributed by atoms with Gasteiger partial charge in [0.2, 0.25) is 23.6 Å². The minimum absolute atomic E-state index is 0.0649. The quantitative estimate of drug-likeness (QED) is 0.380. The van der Waals surface area contributed by atoms with Gasteiger partial charge in [0.1, 0.15) is 0 Å². The third kappa shape index (κ3) is 5.70. The van der Waals surface area contributed by atoms with Gasteiger partial charge in [-0.05, 0) is 39.0 Å². The molecule has 0 aromatic heterocycles. The monoisotopic (exact) mass is 424 g/mol. The fourth-order valence-corrected chi connectivity index (χ4v) is 3.93. The Morgan fingerprint density at radius 1 is 0.967 bits per heavy atom. The van der Waals surface area contributed by atoms with Crippen molar-refractivity contribution in [2.45, 2.75) is 71.8 Å². The fraction of sp³-hybridized carbons (Fsp3) is 0.750. The number of rotatable bonds is 10. The SMILES string of the molecule is CCOC(=O)C(CCCCN(C(C)=O)N1CCCC1=O)N(C(C)=O)N1CCCC1=O. The minimum Gasteiger partial charge on any atom is -0.464 e. The first-order valence-corrected chi connectivity index (χ1v) is 10.6. The summed E-state index contributed by atoms with van der Waals surface area (Å²) in [4.78, 5) is 61.0. The van der Waals surface area contributed by atoms with Crippen molar-refractivity contribution in [2.24, 2.45) is 0 Å². The van der Waals surface area contributed by atoms with Gasteiger partial charge in [-0.25, -0.2) is 9.80 Å². The Morgan fingerprint density at radius 3 is 2.03 bits per heavy atom. The summed E-state index contributed by atoms with van der Waals surface area (Å²) in [6, 6.07) is -0.899. The Labute approximate surface area is 177 Å². The molecule has 2 rings (SSSR count). The molecule has 2 fully saturated rings. The summed E-state index contributed by atoms with van der Waals surface area (Å²) in [5.41, 5.74) is 0. The van der Waals surface area contributed by atoms with Crippen molar-refractivity contribution in [3.63, 3.8) is 0 Å². The predicted octanol–water partition coefficient (Wildman–Crippen LogP) is 0.860. The van der Waals surface area contributed by atoms with Crippen molar-refractivity contribution in [1.82, 2.24) is 20.0 Å². The number of amides is 4. The van der Waals surface area contributed by atoms with Crippen molar-refractivity contribution in [3.05, 3.63) is 0 Å². The molecule has 10 heteroatoms. The molecule has 2 saturated heterocycles. The molecule has 1 atom stereocenters. The maximum atomic E-state index is 12.6. The van der Waals surface area contributed by atoms with E-state index in [1.807, 2.05) is 0 Å². The fourth-order valence-electron chi connectivity index (χ4n) is 3.93. The second kappa shape index (κ2) is 10.9. The van der Waals surface area contributed by atoms with Crippen LogP contribution < -0.4 is 0 Å². The number of nitrogens with zero attached hydrogens (tertiary/aromatic N) is 4. The molecule has 0 bridgehead atoms. The number of hydrogen-bond donors (Lipinski definition) is 0. The van der Waals surface area contributed by atoms with E-state index in [1.54, 1.807) is 6.92 Å². The molecule has 0 spiro atoms. The third-order valence-corrected chi connectivity index (χ3v) is 5.29. The van der Waals surface area contributed by atoms with E-state index in [0.29, 0.717) is 58.2 Å². The van der Waals surface area contributed by atoms with Gasteiger partial charge in [0.25, 0.3) is 0 Å². The Morgan fingerprint density at radius 2 is 1.57 bits per heavy atom. The van der Waals surface area contributed by atoms with E-state index >= 15 is 0 Å². The summed E-state index contributed by atoms with van der Waals surface area (Å²) in [5.74, 6) is -1.40. The Balaban J connectivity index is 2.02. The van der Waals surface area contributed by atoms with Crippen LogP contribution in [0.1, 0.15) is 65.7 Å². The molecule has 2 aliphatic heterocycles. The van der Waals surface area contributed by atoms with E-state index in [9.17, 15) is 24.0 Å². The second-order valence-corrected chi connectivity index (χ2v) is 7.51. The maximum absolute atomic E-state index is 12.6. The van der Waals surface area contributed by atoms with Gasteiger partial charge in [0.15, 0.2) is 6.04 Å². The van der Waals surface area contributed by atoms with E-state index in [-0.39, 0.29) is 24.3 Å². The first-order valence-electron chi connectivity index (χ1n) is 10.6. The summed E-state index contributed by atoms with van der Waals surface area (Å²) in [5, 5.41) is 5.49. The van der Waals surface area contributed by atoms with Crippen LogP contribution in [0.5, 0.6) is 0 Å². The molecular formula is C20H32N4O6. The molecule has 0 aliphatic carbocycles. The van der Waals surface area contributed by atoms with Crippen LogP contribution in [0.3, 0.4) is 0 Å². The van der Waals surface area contributed by atoms with E-state index < -0.39 is 17.9 Å². The van der Waals surface area contributed by atoms with Gasteiger partial charge in [0.05, 0.1) is 6.61 Å². The number of esters is 1. The highest BCUT2D eigenvalue weighted by Crippen LogP contribution is 2.21. The van der Waals surface area contributed by atoms with Gasteiger partial charge in [-0.15, -0.1) is 0 Å². The van der Waals surface area contributed by atoms with Crippen molar-refractivity contribution < 1.29 is 28.7 Å². The summed E-state index contributed by atoms with van der Waals surface area (Å²) in [6.07, 6.45) is 3.49. The summed E-state index contributed by atoms with van der Waals surface area (Å²) in [6.45, 7) is 5.87. The van der Waals surface area contributed by atoms with Crippen LogP contribution >= 0.6 is 0 Å². The highest BCUT2D eigenvalue weighted by molar-refractivity contribution is 5.87. The lowest BCUT2D eigenvalue weighted by Crippen LogP contribution is -2.55. The number of carbonyl (C=O) groups excluding carboxylic acids is 5. The highest BCUT2D eigenvalue weighted by atomic mass is 16.5. The largest absolute Gasteiger partial charge is 0.464 e. The van der Waals surface area contributed by atoms with E-state index in [0.717, 1.165) is 6.42 Å². The number of carbonyl (C=O) groups is 5. The third-order valence-electron chi connectivity index (χ3n) is 5.29. The lowest BCUT2D eigenvalue weighted by Gasteiger charge is -2.36. The van der Waals surface area contributed by atoms with Crippen molar-refractivity contribution in [3.8, 4) is 0 Å². The van der Waals surface area contributed by atoms with Gasteiger partial charge < -0.3 is 4.74 Å². The van der Waals surface area contributed by atoms with E-state index in [2.05, 4.69) is 0 Å². The second-order valence-electron chi connectivity index (χ2n) is 7.51. The Bertz CT molecular complexity index is 682. The molecular weight excluding hydrogens is 392 g/mol. The van der Waals surface area contributed by atoms with Crippen LogP contribution in [-0.4, -0.2) is 81.9 Å². The molecule has 2 aliphatic rings. The maximum Gasteiger partial charge on any atom is 0.330 e. The number of ether oxygens (including phenoxy) is 1. The summed E-state index contributed by atoms with van der Waals surface area (Å²) >= 11 is 0. The van der Waals surface area contributed by atoms with Crippen molar-refractivity contribution in [2.75, 3.05) is 26.2 Å². The number of unbranched alkanes of at least 4 members (excludes halogenated alkanes) is 1. The standard InChI is InChI=1S/C20H32N4O6/c1-4-30-20(29)17(24(16(3)26)23-14-8-11-19(23)28)9-5-6-12-21(15(2)25)22-13-7-10-18(22)27/h17H,4-14H2,1-3H3. The molecule has 1 unspecified atom stereocenters. The van der Waals surface area contributed by atoms with E-state index in [1.165, 1.54) is 33.9 Å². The van der Waals surface area contributed by atoms with Gasteiger partial charge in [-0.3, -0.25) is 34.2 Å². The first kappa shape index (κ1) is 23.6. The average molecular weight is 424 g/mol. The van der Waals surface area contributed by atoms with Gasteiger partial charge in [0, 0.05) is 46.3 Å². The molecule has 4 amide bonds. The van der Waals surface area contributed by atoms with Crippen LogP contribution in [0.15, 0.2) is 0 Å². The molecule has 0 aromatic carbocycles. The lowest BCUT2D eigenvalue weighted by atomic mass is 10.1. The van der Waals surface area contributed by atoms with Crippen LogP contribution in [-0.2, 0) is 28.7 Å². The number of hydrazine groups is 2. The van der Waals surface area contributed by atoms with Gasteiger partial charge >= 0.3 is 5.97 Å². The molecule has 168 valence electrons. The first-order chi connectivity index (χ1) is 14.3. The molecule has 30 heavy (non-hydrogen) atoms. The lowest BCUT2D eigenvalue weighted by molar-refractivity contribution is -0.175. The average Bonchev–Trinajstić information content (AvgIpc) is 3.28. The zero-order chi connectivity index (χ0) is 22.3. The molecule has 10 nitrogen and oxygen atoms in total. The predicted molar refractivity (Wildman–Crippen MR) is 106 cm³/mol. The zero-order valence-electron chi connectivity index (χ0n) is 18.1. The molecule has 0 saturated carbocycles.